The SMILES string of the molecule is CCn1ncnc1CC(NC)C1CSc2ccccc21. The first-order valence-electron chi connectivity index (χ1n) is 7.09. The molecule has 1 aromatic heterocycles. The summed E-state index contributed by atoms with van der Waals surface area (Å²) in [6.07, 6.45) is 2.58. The molecule has 2 unspecified atom stereocenters. The Hall–Kier alpha value is -1.33. The predicted molar refractivity (Wildman–Crippen MR) is 82.2 cm³/mol. The quantitative estimate of drug-likeness (QED) is 0.917. The van der Waals surface area contributed by atoms with Crippen LogP contribution in [0.5, 0.6) is 0 Å². The third kappa shape index (κ3) is 2.47. The van der Waals surface area contributed by atoms with Crippen molar-refractivity contribution in [1.29, 1.82) is 0 Å². The van der Waals surface area contributed by atoms with Gasteiger partial charge in [-0.05, 0) is 25.6 Å². The average Bonchev–Trinajstić information content (AvgIpc) is 3.11. The lowest BCUT2D eigenvalue weighted by Crippen LogP contribution is -2.35. The number of likely N-dealkylation sites (N-methyl/N-ethyl adjacent to an activating group) is 1. The van der Waals surface area contributed by atoms with Crippen molar-refractivity contribution in [2.24, 2.45) is 0 Å². The molecule has 0 saturated carbocycles. The molecule has 0 radical (unpaired) electrons. The molecule has 0 bridgehead atoms. The molecule has 0 fully saturated rings. The number of rotatable bonds is 5. The summed E-state index contributed by atoms with van der Waals surface area (Å²) in [5, 5.41) is 7.75. The Morgan fingerprint density at radius 3 is 3.10 bits per heavy atom. The van der Waals surface area contributed by atoms with E-state index in [-0.39, 0.29) is 0 Å². The first-order chi connectivity index (χ1) is 9.83. The second-order valence-corrected chi connectivity index (χ2v) is 6.11. The lowest BCUT2D eigenvalue weighted by Gasteiger charge is -2.23. The van der Waals surface area contributed by atoms with Crippen molar-refractivity contribution in [1.82, 2.24) is 20.1 Å². The predicted octanol–water partition coefficient (Wildman–Crippen LogP) is 2.32. The molecule has 0 saturated heterocycles. The van der Waals surface area contributed by atoms with Gasteiger partial charge in [0.25, 0.3) is 0 Å². The topological polar surface area (TPSA) is 42.7 Å². The van der Waals surface area contributed by atoms with E-state index in [2.05, 4.69) is 46.6 Å². The van der Waals surface area contributed by atoms with Gasteiger partial charge in [-0.25, -0.2) is 4.98 Å². The largest absolute Gasteiger partial charge is 0.316 e. The van der Waals surface area contributed by atoms with Crippen LogP contribution < -0.4 is 5.32 Å². The van der Waals surface area contributed by atoms with E-state index >= 15 is 0 Å². The maximum Gasteiger partial charge on any atom is 0.138 e. The molecule has 2 heterocycles. The lowest BCUT2D eigenvalue weighted by molar-refractivity contribution is 0.463. The fraction of sp³-hybridized carbons (Fsp3) is 0.467. The number of aromatic nitrogens is 3. The fourth-order valence-electron chi connectivity index (χ4n) is 2.87. The minimum absolute atomic E-state index is 0.403. The van der Waals surface area contributed by atoms with Crippen LogP contribution in [0.3, 0.4) is 0 Å². The van der Waals surface area contributed by atoms with Gasteiger partial charge in [-0.1, -0.05) is 18.2 Å². The van der Waals surface area contributed by atoms with Crippen molar-refractivity contribution in [3.63, 3.8) is 0 Å². The summed E-state index contributed by atoms with van der Waals surface area (Å²) in [6, 6.07) is 9.14. The molecule has 20 heavy (non-hydrogen) atoms. The molecule has 1 aliphatic heterocycles. The van der Waals surface area contributed by atoms with E-state index in [4.69, 9.17) is 0 Å². The van der Waals surface area contributed by atoms with Crippen molar-refractivity contribution in [3.8, 4) is 0 Å². The lowest BCUT2D eigenvalue weighted by atomic mass is 9.91. The van der Waals surface area contributed by atoms with Gasteiger partial charge in [0.05, 0.1) is 0 Å². The Morgan fingerprint density at radius 2 is 2.30 bits per heavy atom. The minimum atomic E-state index is 0.403. The van der Waals surface area contributed by atoms with Crippen LogP contribution in [0, 0.1) is 0 Å². The summed E-state index contributed by atoms with van der Waals surface area (Å²) in [6.45, 7) is 2.98. The molecule has 4 nitrogen and oxygen atoms in total. The van der Waals surface area contributed by atoms with Crippen molar-refractivity contribution in [2.45, 2.75) is 36.7 Å². The summed E-state index contributed by atoms with van der Waals surface area (Å²) in [5.74, 6) is 2.76. The summed E-state index contributed by atoms with van der Waals surface area (Å²) < 4.78 is 1.98. The third-order valence-corrected chi connectivity index (χ3v) is 5.20. The highest BCUT2D eigenvalue weighted by Gasteiger charge is 2.30. The summed E-state index contributed by atoms with van der Waals surface area (Å²) >= 11 is 1.96. The fourth-order valence-corrected chi connectivity index (χ4v) is 4.20. The molecular formula is C15H20N4S. The molecular weight excluding hydrogens is 268 g/mol. The maximum absolute atomic E-state index is 4.41. The van der Waals surface area contributed by atoms with Gasteiger partial charge in [0.1, 0.15) is 12.2 Å². The zero-order chi connectivity index (χ0) is 13.9. The van der Waals surface area contributed by atoms with E-state index in [1.165, 1.54) is 10.5 Å². The Labute approximate surface area is 124 Å². The normalized spacial score (nSPS) is 19.0. The smallest absolute Gasteiger partial charge is 0.138 e. The van der Waals surface area contributed by atoms with Crippen LogP contribution in [0.25, 0.3) is 0 Å². The van der Waals surface area contributed by atoms with Crippen LogP contribution in [-0.4, -0.2) is 33.6 Å². The molecule has 0 aliphatic carbocycles. The molecule has 1 aromatic carbocycles. The van der Waals surface area contributed by atoms with Crippen molar-refractivity contribution >= 4 is 11.8 Å². The minimum Gasteiger partial charge on any atom is -0.316 e. The second-order valence-electron chi connectivity index (χ2n) is 5.05. The number of nitrogens with one attached hydrogen (secondary N) is 1. The number of fused-ring (bicyclic) bond motifs is 1. The molecule has 0 amide bonds. The van der Waals surface area contributed by atoms with E-state index in [0.717, 1.165) is 24.5 Å². The van der Waals surface area contributed by atoms with Crippen LogP contribution in [-0.2, 0) is 13.0 Å². The summed E-state index contributed by atoms with van der Waals surface area (Å²) in [5.41, 5.74) is 1.47. The molecule has 1 N–H and O–H groups in total. The Kier molecular flexibility index (Phi) is 4.08. The van der Waals surface area contributed by atoms with Crippen molar-refractivity contribution in [3.05, 3.63) is 42.0 Å². The van der Waals surface area contributed by atoms with Gasteiger partial charge in [-0.15, -0.1) is 11.8 Å². The number of thioether (sulfide) groups is 1. The number of hydrogen-bond acceptors (Lipinski definition) is 4. The van der Waals surface area contributed by atoms with Gasteiger partial charge < -0.3 is 5.32 Å². The maximum atomic E-state index is 4.41. The number of nitrogens with zero attached hydrogens (tertiary/aromatic N) is 3. The van der Waals surface area contributed by atoms with Crippen molar-refractivity contribution < 1.29 is 0 Å². The van der Waals surface area contributed by atoms with E-state index in [1.54, 1.807) is 6.33 Å². The highest BCUT2D eigenvalue weighted by Crippen LogP contribution is 2.41. The Balaban J connectivity index is 1.81. The summed E-state index contributed by atoms with van der Waals surface area (Å²) in [7, 11) is 2.04. The zero-order valence-electron chi connectivity index (χ0n) is 11.9. The van der Waals surface area contributed by atoms with Crippen LogP contribution in [0.2, 0.25) is 0 Å². The monoisotopic (exact) mass is 288 g/mol. The standard InChI is InChI=1S/C15H20N4S/c1-3-19-15(17-10-18-19)8-13(16-2)12-9-20-14-7-5-4-6-11(12)14/h4-7,10,12-13,16H,3,8-9H2,1-2H3. The molecule has 2 atom stereocenters. The van der Waals surface area contributed by atoms with Gasteiger partial charge >= 0.3 is 0 Å². The molecule has 0 spiro atoms. The molecule has 2 aromatic rings. The van der Waals surface area contributed by atoms with Gasteiger partial charge in [0.2, 0.25) is 0 Å². The third-order valence-electron chi connectivity index (χ3n) is 3.99. The molecule has 106 valence electrons. The molecule has 1 aliphatic rings. The average molecular weight is 288 g/mol. The number of aryl methyl sites for hydroxylation is 1. The summed E-state index contributed by atoms with van der Waals surface area (Å²) in [4.78, 5) is 5.83. The first kappa shape index (κ1) is 13.6. The van der Waals surface area contributed by atoms with E-state index in [1.807, 2.05) is 23.5 Å². The number of benzene rings is 1. The Bertz CT molecular complexity index is 581. The molecule has 3 rings (SSSR count). The van der Waals surface area contributed by atoms with E-state index < -0.39 is 0 Å². The van der Waals surface area contributed by atoms with Crippen LogP contribution >= 0.6 is 11.8 Å². The second kappa shape index (κ2) is 5.97. The van der Waals surface area contributed by atoms with Gasteiger partial charge in [0.15, 0.2) is 0 Å². The Morgan fingerprint density at radius 1 is 1.45 bits per heavy atom. The zero-order valence-corrected chi connectivity index (χ0v) is 12.7. The highest BCUT2D eigenvalue weighted by molar-refractivity contribution is 7.99. The van der Waals surface area contributed by atoms with E-state index in [9.17, 15) is 0 Å². The van der Waals surface area contributed by atoms with Gasteiger partial charge in [-0.2, -0.15) is 5.10 Å². The van der Waals surface area contributed by atoms with Crippen LogP contribution in [0.15, 0.2) is 35.5 Å². The number of hydrogen-bond donors (Lipinski definition) is 1. The van der Waals surface area contributed by atoms with Gasteiger partial charge in [-0.3, -0.25) is 4.68 Å². The first-order valence-corrected chi connectivity index (χ1v) is 8.07. The van der Waals surface area contributed by atoms with Crippen LogP contribution in [0.1, 0.15) is 24.2 Å². The van der Waals surface area contributed by atoms with E-state index in [0.29, 0.717) is 12.0 Å². The molecule has 5 heteroatoms. The van der Waals surface area contributed by atoms with Gasteiger partial charge in [0, 0.05) is 35.6 Å². The highest BCUT2D eigenvalue weighted by atomic mass is 32.2. The van der Waals surface area contributed by atoms with Crippen molar-refractivity contribution in [2.75, 3.05) is 12.8 Å². The van der Waals surface area contributed by atoms with Crippen LogP contribution in [0.4, 0.5) is 0 Å².